The Hall–Kier alpha value is -2.26. The van der Waals surface area contributed by atoms with E-state index in [1.807, 2.05) is 5.38 Å². The van der Waals surface area contributed by atoms with Crippen LogP contribution in [-0.4, -0.2) is 26.1 Å². The van der Waals surface area contributed by atoms with Gasteiger partial charge in [0, 0.05) is 24.5 Å². The fraction of sp³-hybridized carbons (Fsp3) is 0.429. The normalized spacial score (nSPS) is 14.3. The van der Waals surface area contributed by atoms with Gasteiger partial charge in [0.2, 0.25) is 11.1 Å². The smallest absolute Gasteiger partial charge is 0.230 e. The molecule has 2 aromatic heterocycles. The third kappa shape index (κ3) is 5.07. The number of carbonyl (C=O) groups excluding carboxylic acids is 1. The molecule has 0 spiro atoms. The summed E-state index contributed by atoms with van der Waals surface area (Å²) < 4.78 is 14.2. The summed E-state index contributed by atoms with van der Waals surface area (Å²) in [4.78, 5) is 22.6. The van der Waals surface area contributed by atoms with Crippen LogP contribution in [0.25, 0.3) is 0 Å². The van der Waals surface area contributed by atoms with Gasteiger partial charge in [0.15, 0.2) is 5.13 Å². The SMILES string of the molecule is CC(=O)N(c1nc(CSc2n[nH]c(CCC3CCCC3)n2)cs1)c1ccccc1F. The Labute approximate surface area is 183 Å². The number of amides is 1. The Kier molecular flexibility index (Phi) is 6.79. The molecule has 30 heavy (non-hydrogen) atoms. The van der Waals surface area contributed by atoms with Crippen LogP contribution in [0.4, 0.5) is 15.2 Å². The molecule has 0 radical (unpaired) electrons. The molecule has 158 valence electrons. The van der Waals surface area contributed by atoms with Crippen molar-refractivity contribution >= 4 is 39.8 Å². The lowest BCUT2D eigenvalue weighted by molar-refractivity contribution is -0.115. The molecule has 1 aliphatic carbocycles. The van der Waals surface area contributed by atoms with E-state index in [2.05, 4.69) is 20.2 Å². The lowest BCUT2D eigenvalue weighted by Crippen LogP contribution is -2.23. The van der Waals surface area contributed by atoms with Crippen molar-refractivity contribution < 1.29 is 9.18 Å². The fourth-order valence-electron chi connectivity index (χ4n) is 3.74. The quantitative estimate of drug-likeness (QED) is 0.463. The number of aromatic amines is 1. The highest BCUT2D eigenvalue weighted by atomic mass is 32.2. The molecular weight excluding hydrogens is 421 g/mol. The molecule has 1 amide bonds. The number of H-pyrrole nitrogens is 1. The molecule has 0 saturated heterocycles. The van der Waals surface area contributed by atoms with E-state index in [1.165, 1.54) is 73.1 Å². The number of aryl methyl sites for hydroxylation is 1. The van der Waals surface area contributed by atoms with E-state index in [0.717, 1.165) is 23.9 Å². The predicted octanol–water partition coefficient (Wildman–Crippen LogP) is 5.50. The molecule has 2 heterocycles. The molecule has 0 bridgehead atoms. The standard InChI is InChI=1S/C21H24FN5OS2/c1-14(28)27(18-9-5-4-8-17(18)22)21-23-16(13-30-21)12-29-20-24-19(25-26-20)11-10-15-6-2-3-7-15/h4-5,8-9,13,15H,2-3,6-7,10-12H2,1H3,(H,24,25,26). The molecule has 1 saturated carbocycles. The minimum atomic E-state index is -0.454. The molecule has 4 rings (SSSR count). The second kappa shape index (κ2) is 9.70. The summed E-state index contributed by atoms with van der Waals surface area (Å²) in [5.74, 6) is 1.61. The highest BCUT2D eigenvalue weighted by Gasteiger charge is 2.21. The Morgan fingerprint density at radius 1 is 1.30 bits per heavy atom. The second-order valence-corrected chi connectivity index (χ2v) is 9.25. The number of nitrogens with zero attached hydrogens (tertiary/aromatic N) is 4. The van der Waals surface area contributed by atoms with Crippen molar-refractivity contribution in [3.05, 3.63) is 47.0 Å². The number of hydrogen-bond acceptors (Lipinski definition) is 6. The summed E-state index contributed by atoms with van der Waals surface area (Å²) in [7, 11) is 0. The zero-order chi connectivity index (χ0) is 20.9. The maximum absolute atomic E-state index is 14.2. The van der Waals surface area contributed by atoms with Gasteiger partial charge >= 0.3 is 0 Å². The van der Waals surface area contributed by atoms with E-state index in [0.29, 0.717) is 16.0 Å². The van der Waals surface area contributed by atoms with E-state index in [4.69, 9.17) is 0 Å². The van der Waals surface area contributed by atoms with Gasteiger partial charge in [-0.3, -0.25) is 14.8 Å². The van der Waals surface area contributed by atoms with Crippen LogP contribution in [0, 0.1) is 11.7 Å². The number of benzene rings is 1. The third-order valence-electron chi connectivity index (χ3n) is 5.26. The third-order valence-corrected chi connectivity index (χ3v) is 7.02. The van der Waals surface area contributed by atoms with Gasteiger partial charge in [0.05, 0.1) is 11.4 Å². The van der Waals surface area contributed by atoms with Crippen molar-refractivity contribution in [1.29, 1.82) is 0 Å². The van der Waals surface area contributed by atoms with Crippen molar-refractivity contribution in [2.24, 2.45) is 5.92 Å². The number of rotatable bonds is 8. The highest BCUT2D eigenvalue weighted by Crippen LogP contribution is 2.32. The summed E-state index contributed by atoms with van der Waals surface area (Å²) in [6.45, 7) is 1.41. The largest absolute Gasteiger partial charge is 0.274 e. The summed E-state index contributed by atoms with van der Waals surface area (Å²) in [6, 6.07) is 6.21. The molecule has 6 nitrogen and oxygen atoms in total. The van der Waals surface area contributed by atoms with Crippen LogP contribution in [0.5, 0.6) is 0 Å². The number of thiazole rings is 1. The molecule has 0 unspecified atom stereocenters. The minimum Gasteiger partial charge on any atom is -0.274 e. The number of carbonyl (C=O) groups is 1. The summed E-state index contributed by atoms with van der Waals surface area (Å²) in [5.41, 5.74) is 1.01. The molecule has 0 aliphatic heterocycles. The average Bonchev–Trinajstić information content (AvgIpc) is 3.49. The lowest BCUT2D eigenvalue weighted by atomic mass is 10.0. The van der Waals surface area contributed by atoms with Crippen LogP contribution in [0.2, 0.25) is 0 Å². The van der Waals surface area contributed by atoms with Gasteiger partial charge in [-0.1, -0.05) is 49.6 Å². The van der Waals surface area contributed by atoms with E-state index < -0.39 is 5.82 Å². The average molecular weight is 446 g/mol. The molecule has 3 aromatic rings. The molecule has 0 atom stereocenters. The van der Waals surface area contributed by atoms with Crippen molar-refractivity contribution in [3.8, 4) is 0 Å². The van der Waals surface area contributed by atoms with Gasteiger partial charge in [-0.15, -0.1) is 16.4 Å². The number of halogens is 1. The van der Waals surface area contributed by atoms with Crippen LogP contribution in [-0.2, 0) is 17.0 Å². The van der Waals surface area contributed by atoms with Crippen molar-refractivity contribution in [2.45, 2.75) is 56.4 Å². The number of nitrogens with one attached hydrogen (secondary N) is 1. The summed E-state index contributed by atoms with van der Waals surface area (Å²) >= 11 is 2.82. The number of para-hydroxylation sites is 1. The molecule has 1 N–H and O–H groups in total. The van der Waals surface area contributed by atoms with E-state index in [1.54, 1.807) is 18.2 Å². The van der Waals surface area contributed by atoms with Gasteiger partial charge < -0.3 is 0 Å². The van der Waals surface area contributed by atoms with E-state index in [9.17, 15) is 9.18 Å². The Morgan fingerprint density at radius 2 is 2.10 bits per heavy atom. The Morgan fingerprint density at radius 3 is 2.87 bits per heavy atom. The molecular formula is C21H24FN5OS2. The number of hydrogen-bond donors (Lipinski definition) is 1. The maximum Gasteiger partial charge on any atom is 0.230 e. The first-order chi connectivity index (χ1) is 14.6. The van der Waals surface area contributed by atoms with Crippen molar-refractivity contribution in [2.75, 3.05) is 4.90 Å². The first-order valence-corrected chi connectivity index (χ1v) is 12.0. The highest BCUT2D eigenvalue weighted by molar-refractivity contribution is 7.98. The van der Waals surface area contributed by atoms with Crippen LogP contribution in [0.3, 0.4) is 0 Å². The van der Waals surface area contributed by atoms with Gasteiger partial charge in [0.25, 0.3) is 0 Å². The minimum absolute atomic E-state index is 0.208. The van der Waals surface area contributed by atoms with Gasteiger partial charge in [0.1, 0.15) is 11.6 Å². The molecule has 1 fully saturated rings. The first kappa shape index (κ1) is 21.0. The Bertz CT molecular complexity index is 999. The van der Waals surface area contributed by atoms with Gasteiger partial charge in [-0.2, -0.15) is 0 Å². The monoisotopic (exact) mass is 445 g/mol. The lowest BCUT2D eigenvalue weighted by Gasteiger charge is -2.18. The van der Waals surface area contributed by atoms with Crippen LogP contribution >= 0.6 is 23.1 Å². The maximum atomic E-state index is 14.2. The van der Waals surface area contributed by atoms with E-state index >= 15 is 0 Å². The predicted molar refractivity (Wildman–Crippen MR) is 118 cm³/mol. The number of thioether (sulfide) groups is 1. The molecule has 1 aromatic carbocycles. The summed E-state index contributed by atoms with van der Waals surface area (Å²) in [6.07, 6.45) is 7.50. The molecule has 9 heteroatoms. The summed E-state index contributed by atoms with van der Waals surface area (Å²) in [5, 5.41) is 10.4. The molecule has 1 aliphatic rings. The van der Waals surface area contributed by atoms with Crippen molar-refractivity contribution in [1.82, 2.24) is 20.2 Å². The zero-order valence-electron chi connectivity index (χ0n) is 16.8. The number of aromatic nitrogens is 4. The van der Waals surface area contributed by atoms with Gasteiger partial charge in [-0.05, 0) is 24.5 Å². The fourth-order valence-corrected chi connectivity index (χ4v) is 5.43. The van der Waals surface area contributed by atoms with Gasteiger partial charge in [-0.25, -0.2) is 14.4 Å². The second-order valence-electron chi connectivity index (χ2n) is 7.47. The first-order valence-electron chi connectivity index (χ1n) is 10.1. The van der Waals surface area contributed by atoms with Crippen molar-refractivity contribution in [3.63, 3.8) is 0 Å². The van der Waals surface area contributed by atoms with E-state index in [-0.39, 0.29) is 11.6 Å². The van der Waals surface area contributed by atoms with Crippen LogP contribution in [0.15, 0.2) is 34.8 Å². The van der Waals surface area contributed by atoms with Crippen LogP contribution < -0.4 is 4.90 Å². The zero-order valence-corrected chi connectivity index (χ0v) is 18.4. The Balaban J connectivity index is 1.36. The topological polar surface area (TPSA) is 74.8 Å². The van der Waals surface area contributed by atoms with Crippen LogP contribution in [0.1, 0.15) is 50.5 Å². The number of anilines is 2.